The summed E-state index contributed by atoms with van der Waals surface area (Å²) < 4.78 is 1.12. The van der Waals surface area contributed by atoms with Crippen LogP contribution in [0.2, 0.25) is 0 Å². The van der Waals surface area contributed by atoms with Crippen LogP contribution in [0.15, 0.2) is 17.8 Å². The van der Waals surface area contributed by atoms with Crippen molar-refractivity contribution in [3.8, 4) is 0 Å². The lowest BCUT2D eigenvalue weighted by molar-refractivity contribution is 0.496. The van der Waals surface area contributed by atoms with Gasteiger partial charge in [0.15, 0.2) is 0 Å². The van der Waals surface area contributed by atoms with E-state index in [9.17, 15) is 0 Å². The molecule has 0 atom stereocenters. The molecule has 2 rings (SSSR count). The van der Waals surface area contributed by atoms with Gasteiger partial charge in [-0.15, -0.1) is 11.3 Å². The number of aromatic nitrogens is 2. The molecule has 0 bridgehead atoms. The summed E-state index contributed by atoms with van der Waals surface area (Å²) in [5.41, 5.74) is 6.67. The molecule has 0 saturated carbocycles. The van der Waals surface area contributed by atoms with Gasteiger partial charge in [-0.3, -0.25) is 0 Å². The Bertz CT molecular complexity index is 491. The van der Waals surface area contributed by atoms with Gasteiger partial charge in [0.2, 0.25) is 0 Å². The summed E-state index contributed by atoms with van der Waals surface area (Å²) >= 11 is 1.66. The minimum atomic E-state index is -0.106. The van der Waals surface area contributed by atoms with Crippen LogP contribution < -0.4 is 10.6 Å². The van der Waals surface area contributed by atoms with Gasteiger partial charge in [0.1, 0.15) is 12.1 Å². The normalized spacial score (nSPS) is 12.0. The molecule has 0 aliphatic heterocycles. The zero-order chi connectivity index (χ0) is 11.8. The number of hydrogen-bond donors (Lipinski definition) is 1. The second-order valence-corrected chi connectivity index (χ2v) is 5.32. The Morgan fingerprint density at radius 3 is 2.88 bits per heavy atom. The number of hydrogen-bond acceptors (Lipinski definition) is 5. The Balaban J connectivity index is 2.51. The third-order valence-corrected chi connectivity index (χ3v) is 3.85. The van der Waals surface area contributed by atoms with Gasteiger partial charge >= 0.3 is 0 Å². The van der Waals surface area contributed by atoms with E-state index in [-0.39, 0.29) is 5.54 Å². The SMILES string of the molecule is CN(c1ncnc2ccsc12)C(C)(C)CN. The molecule has 0 saturated heterocycles. The van der Waals surface area contributed by atoms with E-state index in [0.717, 1.165) is 16.0 Å². The van der Waals surface area contributed by atoms with E-state index in [1.54, 1.807) is 17.7 Å². The second-order valence-electron chi connectivity index (χ2n) is 4.41. The average Bonchev–Trinajstić information content (AvgIpc) is 2.75. The minimum absolute atomic E-state index is 0.106. The molecule has 5 heteroatoms. The Labute approximate surface area is 99.1 Å². The van der Waals surface area contributed by atoms with E-state index in [4.69, 9.17) is 5.73 Å². The first-order valence-electron chi connectivity index (χ1n) is 5.18. The van der Waals surface area contributed by atoms with Crippen molar-refractivity contribution in [1.82, 2.24) is 9.97 Å². The Morgan fingerprint density at radius 2 is 2.19 bits per heavy atom. The van der Waals surface area contributed by atoms with Crippen LogP contribution in [-0.4, -0.2) is 29.1 Å². The molecule has 16 heavy (non-hydrogen) atoms. The fraction of sp³-hybridized carbons (Fsp3) is 0.455. The van der Waals surface area contributed by atoms with Crippen molar-refractivity contribution in [2.75, 3.05) is 18.5 Å². The maximum atomic E-state index is 5.78. The van der Waals surface area contributed by atoms with E-state index in [1.807, 2.05) is 18.5 Å². The van der Waals surface area contributed by atoms with E-state index >= 15 is 0 Å². The van der Waals surface area contributed by atoms with Crippen molar-refractivity contribution in [1.29, 1.82) is 0 Å². The molecule has 2 aromatic heterocycles. The van der Waals surface area contributed by atoms with Gasteiger partial charge in [0, 0.05) is 19.1 Å². The molecule has 0 radical (unpaired) electrons. The highest BCUT2D eigenvalue weighted by atomic mass is 32.1. The molecule has 0 aromatic carbocycles. The first kappa shape index (κ1) is 11.3. The average molecular weight is 236 g/mol. The number of nitrogens with two attached hydrogens (primary N) is 1. The molecule has 2 N–H and O–H groups in total. The van der Waals surface area contributed by atoms with Crippen LogP contribution in [0, 0.1) is 0 Å². The van der Waals surface area contributed by atoms with Crippen LogP contribution in [0.1, 0.15) is 13.8 Å². The zero-order valence-corrected chi connectivity index (χ0v) is 10.6. The summed E-state index contributed by atoms with van der Waals surface area (Å²) in [5, 5.41) is 2.03. The fourth-order valence-electron chi connectivity index (χ4n) is 1.44. The van der Waals surface area contributed by atoms with Gasteiger partial charge in [0.25, 0.3) is 0 Å². The summed E-state index contributed by atoms with van der Waals surface area (Å²) in [4.78, 5) is 10.7. The lowest BCUT2D eigenvalue weighted by Gasteiger charge is -2.35. The van der Waals surface area contributed by atoms with Gasteiger partial charge < -0.3 is 10.6 Å². The molecule has 0 aliphatic carbocycles. The van der Waals surface area contributed by atoms with Crippen LogP contribution in [0.25, 0.3) is 10.2 Å². The van der Waals surface area contributed by atoms with Gasteiger partial charge in [-0.25, -0.2) is 9.97 Å². The van der Waals surface area contributed by atoms with Gasteiger partial charge in [-0.2, -0.15) is 0 Å². The highest BCUT2D eigenvalue weighted by Crippen LogP contribution is 2.30. The third-order valence-electron chi connectivity index (χ3n) is 2.95. The number of rotatable bonds is 3. The van der Waals surface area contributed by atoms with Gasteiger partial charge in [-0.1, -0.05) is 0 Å². The molecule has 86 valence electrons. The van der Waals surface area contributed by atoms with Crippen LogP contribution in [-0.2, 0) is 0 Å². The number of anilines is 1. The number of fused-ring (bicyclic) bond motifs is 1. The molecular weight excluding hydrogens is 220 g/mol. The summed E-state index contributed by atoms with van der Waals surface area (Å²) in [6.07, 6.45) is 1.60. The molecule has 2 aromatic rings. The first-order valence-corrected chi connectivity index (χ1v) is 6.06. The predicted molar refractivity (Wildman–Crippen MR) is 69.0 cm³/mol. The van der Waals surface area contributed by atoms with Crippen LogP contribution in [0.4, 0.5) is 5.82 Å². The Kier molecular flexibility index (Phi) is 2.82. The highest BCUT2D eigenvalue weighted by Gasteiger charge is 2.24. The summed E-state index contributed by atoms with van der Waals surface area (Å²) in [5.74, 6) is 0.954. The number of likely N-dealkylation sites (N-methyl/N-ethyl adjacent to an activating group) is 1. The maximum Gasteiger partial charge on any atom is 0.150 e. The highest BCUT2D eigenvalue weighted by molar-refractivity contribution is 7.17. The fourth-order valence-corrected chi connectivity index (χ4v) is 2.31. The van der Waals surface area contributed by atoms with Crippen LogP contribution in [0.3, 0.4) is 0 Å². The van der Waals surface area contributed by atoms with E-state index in [0.29, 0.717) is 6.54 Å². The van der Waals surface area contributed by atoms with Crippen molar-refractivity contribution < 1.29 is 0 Å². The molecule has 0 amide bonds. The topological polar surface area (TPSA) is 55.0 Å². The van der Waals surface area contributed by atoms with Crippen LogP contribution >= 0.6 is 11.3 Å². The molecule has 0 fully saturated rings. The Hall–Kier alpha value is -1.20. The Morgan fingerprint density at radius 1 is 1.44 bits per heavy atom. The molecule has 0 spiro atoms. The zero-order valence-electron chi connectivity index (χ0n) is 9.77. The quantitative estimate of drug-likeness (QED) is 0.884. The van der Waals surface area contributed by atoms with E-state index < -0.39 is 0 Å². The smallest absolute Gasteiger partial charge is 0.150 e. The standard InChI is InChI=1S/C11H16N4S/c1-11(2,6-12)15(3)10-9-8(4-5-16-9)13-7-14-10/h4-5,7H,6,12H2,1-3H3. The molecule has 0 aliphatic rings. The monoisotopic (exact) mass is 236 g/mol. The molecule has 0 unspecified atom stereocenters. The summed E-state index contributed by atoms with van der Waals surface area (Å²) in [7, 11) is 2.02. The molecule has 4 nitrogen and oxygen atoms in total. The maximum absolute atomic E-state index is 5.78. The van der Waals surface area contributed by atoms with Gasteiger partial charge in [0.05, 0.1) is 10.2 Å². The van der Waals surface area contributed by atoms with Crippen molar-refractivity contribution in [2.45, 2.75) is 19.4 Å². The van der Waals surface area contributed by atoms with E-state index in [1.165, 1.54) is 0 Å². The predicted octanol–water partition coefficient (Wildman–Crippen LogP) is 1.86. The third kappa shape index (κ3) is 1.76. The second kappa shape index (κ2) is 3.99. The summed E-state index contributed by atoms with van der Waals surface area (Å²) in [6, 6.07) is 2.01. The van der Waals surface area contributed by atoms with Gasteiger partial charge in [-0.05, 0) is 25.3 Å². The lowest BCUT2D eigenvalue weighted by Crippen LogP contribution is -2.47. The molecule has 2 heterocycles. The van der Waals surface area contributed by atoms with Crippen molar-refractivity contribution >= 4 is 27.4 Å². The number of nitrogens with zero attached hydrogens (tertiary/aromatic N) is 3. The van der Waals surface area contributed by atoms with Crippen molar-refractivity contribution in [3.63, 3.8) is 0 Å². The largest absolute Gasteiger partial charge is 0.352 e. The van der Waals surface area contributed by atoms with Crippen molar-refractivity contribution in [3.05, 3.63) is 17.8 Å². The van der Waals surface area contributed by atoms with E-state index in [2.05, 4.69) is 28.7 Å². The summed E-state index contributed by atoms with van der Waals surface area (Å²) in [6.45, 7) is 4.80. The van der Waals surface area contributed by atoms with Crippen LogP contribution in [0.5, 0.6) is 0 Å². The lowest BCUT2D eigenvalue weighted by atomic mass is 10.0. The first-order chi connectivity index (χ1) is 7.56. The molecular formula is C11H16N4S. The minimum Gasteiger partial charge on any atom is -0.352 e. The number of thiophene rings is 1. The van der Waals surface area contributed by atoms with Crippen molar-refractivity contribution in [2.24, 2.45) is 5.73 Å².